The van der Waals surface area contributed by atoms with E-state index in [0.29, 0.717) is 17.9 Å². The Kier molecular flexibility index (Phi) is 4.74. The summed E-state index contributed by atoms with van der Waals surface area (Å²) in [6, 6.07) is 4.66. The molecule has 1 aromatic rings. The van der Waals surface area contributed by atoms with Crippen molar-refractivity contribution >= 4 is 27.4 Å². The number of hydrazone groups is 1. The number of rotatable bonds is 4. The number of nitrogens with zero attached hydrogens (tertiary/aromatic N) is 2. The van der Waals surface area contributed by atoms with Crippen LogP contribution in [-0.2, 0) is 19.4 Å². The first-order valence-electron chi connectivity index (χ1n) is 9.13. The molecule has 2 amide bonds. The summed E-state index contributed by atoms with van der Waals surface area (Å²) >= 11 is 0. The summed E-state index contributed by atoms with van der Waals surface area (Å²) in [4.78, 5) is 24.8. The summed E-state index contributed by atoms with van der Waals surface area (Å²) in [6.07, 6.45) is 0.718. The zero-order valence-electron chi connectivity index (χ0n) is 15.4. The van der Waals surface area contributed by atoms with Gasteiger partial charge in [0.1, 0.15) is 5.71 Å². The highest BCUT2D eigenvalue weighted by molar-refractivity contribution is 7.91. The number of nitrogens with one attached hydrogen (secondary N) is 1. The number of sulfone groups is 1. The van der Waals surface area contributed by atoms with Crippen molar-refractivity contribution in [2.45, 2.75) is 38.3 Å². The molecule has 28 heavy (non-hydrogen) atoms. The lowest BCUT2D eigenvalue weighted by Gasteiger charge is -2.28. The van der Waals surface area contributed by atoms with Crippen molar-refractivity contribution in [3.05, 3.63) is 23.8 Å². The van der Waals surface area contributed by atoms with Gasteiger partial charge >= 0.3 is 0 Å². The molecule has 3 aliphatic rings. The number of carbonyl (C=O) groups excluding carboxylic acids is 2. The molecule has 0 spiro atoms. The summed E-state index contributed by atoms with van der Waals surface area (Å²) in [7, 11) is -3.15. The molecular formula is C18H21N3O6S. The average molecular weight is 407 g/mol. The van der Waals surface area contributed by atoms with Gasteiger partial charge in [-0.05, 0) is 31.0 Å². The van der Waals surface area contributed by atoms with Gasteiger partial charge in [0, 0.05) is 12.8 Å². The van der Waals surface area contributed by atoms with Crippen LogP contribution in [0.4, 0.5) is 0 Å². The monoisotopic (exact) mass is 407 g/mol. The minimum Gasteiger partial charge on any atom is -0.454 e. The lowest BCUT2D eigenvalue weighted by atomic mass is 10.1. The molecule has 9 nitrogen and oxygen atoms in total. The van der Waals surface area contributed by atoms with Gasteiger partial charge in [-0.2, -0.15) is 5.10 Å². The Hall–Kier alpha value is -2.62. The molecule has 0 aliphatic carbocycles. The zero-order valence-corrected chi connectivity index (χ0v) is 16.2. The third-order valence-corrected chi connectivity index (χ3v) is 6.87. The molecular weight excluding hydrogens is 386 g/mol. The number of benzene rings is 1. The van der Waals surface area contributed by atoms with Gasteiger partial charge in [-0.15, -0.1) is 0 Å². The van der Waals surface area contributed by atoms with Crippen LogP contribution in [0.1, 0.15) is 37.8 Å². The minimum atomic E-state index is -3.15. The molecule has 3 aliphatic heterocycles. The fraction of sp³-hybridized carbons (Fsp3) is 0.500. The van der Waals surface area contributed by atoms with E-state index in [1.165, 1.54) is 5.01 Å². The fourth-order valence-corrected chi connectivity index (χ4v) is 5.23. The van der Waals surface area contributed by atoms with Crippen LogP contribution in [-0.4, -0.2) is 55.3 Å². The molecule has 150 valence electrons. The Morgan fingerprint density at radius 3 is 2.82 bits per heavy atom. The normalized spacial score (nSPS) is 24.0. The molecule has 1 N–H and O–H groups in total. The summed E-state index contributed by atoms with van der Waals surface area (Å²) in [5.41, 5.74) is 1.08. The largest absolute Gasteiger partial charge is 0.454 e. The topological polar surface area (TPSA) is 114 Å². The maximum Gasteiger partial charge on any atom is 0.267 e. The summed E-state index contributed by atoms with van der Waals surface area (Å²) < 4.78 is 34.1. The molecule has 1 aromatic carbocycles. The van der Waals surface area contributed by atoms with Gasteiger partial charge in [0.05, 0.1) is 23.6 Å². The van der Waals surface area contributed by atoms with Crippen molar-refractivity contribution in [1.82, 2.24) is 10.3 Å². The Morgan fingerprint density at radius 2 is 2.07 bits per heavy atom. The number of fused-ring (bicyclic) bond motifs is 1. The van der Waals surface area contributed by atoms with Gasteiger partial charge in [0.2, 0.25) is 12.7 Å². The number of ether oxygens (including phenoxy) is 2. The third-order valence-electron chi connectivity index (χ3n) is 5.12. The Bertz CT molecular complexity index is 958. The quantitative estimate of drug-likeness (QED) is 0.788. The van der Waals surface area contributed by atoms with E-state index in [2.05, 4.69) is 10.4 Å². The van der Waals surface area contributed by atoms with Gasteiger partial charge in [-0.25, -0.2) is 13.4 Å². The highest BCUT2D eigenvalue weighted by atomic mass is 32.2. The third kappa shape index (κ3) is 3.68. The van der Waals surface area contributed by atoms with E-state index >= 15 is 0 Å². The minimum absolute atomic E-state index is 0.0413. The van der Waals surface area contributed by atoms with E-state index in [4.69, 9.17) is 9.47 Å². The fourth-order valence-electron chi connectivity index (χ4n) is 3.53. The predicted octanol–water partition coefficient (Wildman–Crippen LogP) is 0.758. The number of carbonyl (C=O) groups is 2. The Labute approximate surface area is 162 Å². The highest BCUT2D eigenvalue weighted by Crippen LogP contribution is 2.34. The van der Waals surface area contributed by atoms with Gasteiger partial charge in [0.25, 0.3) is 5.91 Å². The van der Waals surface area contributed by atoms with Crippen molar-refractivity contribution in [2.75, 3.05) is 18.3 Å². The van der Waals surface area contributed by atoms with Crippen LogP contribution in [0.2, 0.25) is 0 Å². The molecule has 4 rings (SSSR count). The predicted molar refractivity (Wildman–Crippen MR) is 99.7 cm³/mol. The van der Waals surface area contributed by atoms with Crippen LogP contribution in [0.5, 0.6) is 11.5 Å². The van der Waals surface area contributed by atoms with Gasteiger partial charge in [-0.1, -0.05) is 6.07 Å². The summed E-state index contributed by atoms with van der Waals surface area (Å²) in [6.45, 7) is 2.02. The molecule has 0 aromatic heterocycles. The molecule has 0 saturated carbocycles. The van der Waals surface area contributed by atoms with Crippen molar-refractivity contribution in [3.63, 3.8) is 0 Å². The van der Waals surface area contributed by atoms with E-state index in [9.17, 15) is 18.0 Å². The van der Waals surface area contributed by atoms with E-state index in [1.54, 1.807) is 6.07 Å². The number of hydrogen-bond donors (Lipinski definition) is 1. The Morgan fingerprint density at radius 1 is 1.29 bits per heavy atom. The highest BCUT2D eigenvalue weighted by Gasteiger charge is 2.37. The van der Waals surface area contributed by atoms with E-state index in [0.717, 1.165) is 5.56 Å². The second kappa shape index (κ2) is 7.08. The van der Waals surface area contributed by atoms with Gasteiger partial charge < -0.3 is 14.8 Å². The molecule has 1 fully saturated rings. The van der Waals surface area contributed by atoms with Crippen LogP contribution >= 0.6 is 0 Å². The summed E-state index contributed by atoms with van der Waals surface area (Å²) in [5, 5.41) is 8.26. The maximum atomic E-state index is 12.7. The van der Waals surface area contributed by atoms with Crippen molar-refractivity contribution < 1.29 is 27.5 Å². The molecule has 2 atom stereocenters. The first kappa shape index (κ1) is 18.7. The van der Waals surface area contributed by atoms with Crippen molar-refractivity contribution in [3.8, 4) is 11.5 Å². The smallest absolute Gasteiger partial charge is 0.267 e. The first-order chi connectivity index (χ1) is 13.3. The van der Waals surface area contributed by atoms with Crippen LogP contribution in [0.25, 0.3) is 0 Å². The Balaban J connectivity index is 1.46. The van der Waals surface area contributed by atoms with E-state index in [1.807, 2.05) is 19.1 Å². The standard InChI is InChI=1S/C18H21N3O6S/c1-11(12-2-4-15-16(8-12)27-10-26-15)19-18(23)14-3-5-17(22)21(20-14)13-6-7-28(24,25)9-13/h2,4,8,11,13H,3,5-7,9-10H2,1H3,(H,19,23). The van der Waals surface area contributed by atoms with E-state index in [-0.39, 0.29) is 54.7 Å². The summed E-state index contributed by atoms with van der Waals surface area (Å²) in [5.74, 6) is 0.614. The first-order valence-corrected chi connectivity index (χ1v) is 10.9. The lowest BCUT2D eigenvalue weighted by Crippen LogP contribution is -2.44. The van der Waals surface area contributed by atoms with Gasteiger partial charge in [-0.3, -0.25) is 9.59 Å². The van der Waals surface area contributed by atoms with Crippen LogP contribution in [0.15, 0.2) is 23.3 Å². The van der Waals surface area contributed by atoms with Crippen molar-refractivity contribution in [1.29, 1.82) is 0 Å². The average Bonchev–Trinajstić information content (AvgIpc) is 3.27. The molecule has 3 heterocycles. The van der Waals surface area contributed by atoms with Crippen LogP contribution < -0.4 is 14.8 Å². The molecule has 10 heteroatoms. The van der Waals surface area contributed by atoms with Crippen molar-refractivity contribution in [2.24, 2.45) is 5.10 Å². The lowest BCUT2D eigenvalue weighted by molar-refractivity contribution is -0.133. The van der Waals surface area contributed by atoms with Crippen LogP contribution in [0.3, 0.4) is 0 Å². The maximum absolute atomic E-state index is 12.7. The SMILES string of the molecule is CC(NC(=O)C1=NN(C2CCS(=O)(=O)C2)C(=O)CC1)c1ccc2c(c1)OCO2. The number of hydrogen-bond acceptors (Lipinski definition) is 7. The van der Waals surface area contributed by atoms with Crippen LogP contribution in [0, 0.1) is 0 Å². The molecule has 0 bridgehead atoms. The van der Waals surface area contributed by atoms with E-state index < -0.39 is 15.9 Å². The molecule has 2 unspecified atom stereocenters. The second-order valence-corrected chi connectivity index (χ2v) is 9.38. The van der Waals surface area contributed by atoms with Gasteiger partial charge in [0.15, 0.2) is 21.3 Å². The molecule has 1 saturated heterocycles. The zero-order chi connectivity index (χ0) is 19.9. The second-order valence-electron chi connectivity index (χ2n) is 7.15. The number of amides is 2. The molecule has 0 radical (unpaired) electrons.